The summed E-state index contributed by atoms with van der Waals surface area (Å²) in [5, 5.41) is 2.84. The summed E-state index contributed by atoms with van der Waals surface area (Å²) in [6, 6.07) is 9.41. The SMILES string of the molecule is O=C[C@@H]1[C@@H](NC(=O)OCc2ccccc2)[C@@H]2C=C[C@H]1C2. The van der Waals surface area contributed by atoms with Crippen molar-refractivity contribution in [3.8, 4) is 0 Å². The summed E-state index contributed by atoms with van der Waals surface area (Å²) in [7, 11) is 0. The number of ether oxygens (including phenoxy) is 1. The monoisotopic (exact) mass is 271 g/mol. The van der Waals surface area contributed by atoms with Crippen LogP contribution in [0.2, 0.25) is 0 Å². The summed E-state index contributed by atoms with van der Waals surface area (Å²) >= 11 is 0. The molecule has 4 atom stereocenters. The number of allylic oxidation sites excluding steroid dienone is 1. The first-order valence-electron chi connectivity index (χ1n) is 6.89. The van der Waals surface area contributed by atoms with Gasteiger partial charge in [0.2, 0.25) is 0 Å². The lowest BCUT2D eigenvalue weighted by Crippen LogP contribution is -2.43. The maximum absolute atomic E-state index is 11.8. The van der Waals surface area contributed by atoms with Gasteiger partial charge < -0.3 is 14.8 Å². The maximum Gasteiger partial charge on any atom is 0.407 e. The van der Waals surface area contributed by atoms with Crippen LogP contribution in [0.5, 0.6) is 0 Å². The average molecular weight is 271 g/mol. The van der Waals surface area contributed by atoms with Gasteiger partial charge in [-0.1, -0.05) is 42.5 Å². The molecule has 2 bridgehead atoms. The van der Waals surface area contributed by atoms with Crippen LogP contribution in [-0.2, 0) is 16.1 Å². The number of rotatable bonds is 4. The molecule has 1 N–H and O–H groups in total. The third-order valence-electron chi connectivity index (χ3n) is 4.17. The Bertz CT molecular complexity index is 526. The number of nitrogens with one attached hydrogen (secondary N) is 1. The molecule has 2 aliphatic rings. The second-order valence-corrected chi connectivity index (χ2v) is 5.39. The Balaban J connectivity index is 1.54. The number of benzene rings is 1. The van der Waals surface area contributed by atoms with Gasteiger partial charge in [-0.3, -0.25) is 0 Å². The van der Waals surface area contributed by atoms with Gasteiger partial charge in [0.1, 0.15) is 12.9 Å². The lowest BCUT2D eigenvalue weighted by Gasteiger charge is -2.24. The molecule has 104 valence electrons. The molecule has 0 saturated heterocycles. The Morgan fingerprint density at radius 2 is 2.00 bits per heavy atom. The standard InChI is InChI=1S/C16H17NO3/c18-9-14-12-6-7-13(8-12)15(14)17-16(19)20-10-11-4-2-1-3-5-11/h1-7,9,12-15H,8,10H2,(H,17,19)/t12-,13+,14-,15-/m0/s1. The lowest BCUT2D eigenvalue weighted by atomic mass is 9.90. The Hall–Kier alpha value is -2.10. The van der Waals surface area contributed by atoms with Crippen LogP contribution in [0.15, 0.2) is 42.5 Å². The highest BCUT2D eigenvalue weighted by molar-refractivity contribution is 5.69. The fourth-order valence-electron chi connectivity index (χ4n) is 3.15. The fourth-order valence-corrected chi connectivity index (χ4v) is 3.15. The Labute approximate surface area is 117 Å². The molecule has 4 heteroatoms. The molecular formula is C16H17NO3. The van der Waals surface area contributed by atoms with Crippen LogP contribution in [0.25, 0.3) is 0 Å². The zero-order chi connectivity index (χ0) is 13.9. The highest BCUT2D eigenvalue weighted by Crippen LogP contribution is 2.42. The number of hydrogen-bond donors (Lipinski definition) is 1. The number of carbonyl (C=O) groups excluding carboxylic acids is 2. The predicted octanol–water partition coefficient (Wildman–Crippen LogP) is 2.30. The molecule has 1 amide bonds. The summed E-state index contributed by atoms with van der Waals surface area (Å²) in [5.41, 5.74) is 0.947. The van der Waals surface area contributed by atoms with Crippen molar-refractivity contribution in [3.63, 3.8) is 0 Å². The van der Waals surface area contributed by atoms with Crippen molar-refractivity contribution < 1.29 is 14.3 Å². The number of amides is 1. The van der Waals surface area contributed by atoms with Crippen molar-refractivity contribution in [2.75, 3.05) is 0 Å². The van der Waals surface area contributed by atoms with Crippen molar-refractivity contribution in [1.82, 2.24) is 5.32 Å². The fraction of sp³-hybridized carbons (Fsp3) is 0.375. The quantitative estimate of drug-likeness (QED) is 0.675. The minimum atomic E-state index is -0.452. The Morgan fingerprint density at radius 1 is 1.25 bits per heavy atom. The third-order valence-corrected chi connectivity index (χ3v) is 4.17. The molecule has 1 aromatic rings. The van der Waals surface area contributed by atoms with E-state index in [0.717, 1.165) is 18.3 Å². The van der Waals surface area contributed by atoms with Crippen LogP contribution in [0.3, 0.4) is 0 Å². The second kappa shape index (κ2) is 5.49. The largest absolute Gasteiger partial charge is 0.445 e. The highest BCUT2D eigenvalue weighted by Gasteiger charge is 2.45. The van der Waals surface area contributed by atoms with Crippen LogP contribution < -0.4 is 5.32 Å². The molecule has 1 saturated carbocycles. The molecule has 2 aliphatic carbocycles. The number of aldehydes is 1. The van der Waals surface area contributed by atoms with Crippen LogP contribution in [0.1, 0.15) is 12.0 Å². The highest BCUT2D eigenvalue weighted by atomic mass is 16.5. The van der Waals surface area contributed by atoms with Gasteiger partial charge in [0.05, 0.1) is 0 Å². The summed E-state index contributed by atoms with van der Waals surface area (Å²) in [6.45, 7) is 0.245. The van der Waals surface area contributed by atoms with Crippen LogP contribution >= 0.6 is 0 Å². The first kappa shape index (κ1) is 12.9. The zero-order valence-electron chi connectivity index (χ0n) is 11.1. The third kappa shape index (κ3) is 2.46. The zero-order valence-corrected chi connectivity index (χ0v) is 11.1. The van der Waals surface area contributed by atoms with E-state index in [9.17, 15) is 9.59 Å². The van der Waals surface area contributed by atoms with Gasteiger partial charge >= 0.3 is 6.09 Å². The maximum atomic E-state index is 11.8. The van der Waals surface area contributed by atoms with Crippen molar-refractivity contribution in [1.29, 1.82) is 0 Å². The van der Waals surface area contributed by atoms with Gasteiger partial charge in [0.15, 0.2) is 0 Å². The molecule has 0 aromatic heterocycles. The molecule has 0 unspecified atom stereocenters. The number of carbonyl (C=O) groups is 2. The number of fused-ring (bicyclic) bond motifs is 2. The molecule has 0 spiro atoms. The molecular weight excluding hydrogens is 254 g/mol. The molecule has 3 rings (SSSR count). The van der Waals surface area contributed by atoms with E-state index in [1.54, 1.807) is 0 Å². The van der Waals surface area contributed by atoms with E-state index in [-0.39, 0.29) is 30.4 Å². The average Bonchev–Trinajstić information content (AvgIpc) is 3.07. The van der Waals surface area contributed by atoms with E-state index >= 15 is 0 Å². The number of alkyl carbamates (subject to hydrolysis) is 1. The van der Waals surface area contributed by atoms with Crippen LogP contribution in [-0.4, -0.2) is 18.4 Å². The molecule has 20 heavy (non-hydrogen) atoms. The van der Waals surface area contributed by atoms with E-state index < -0.39 is 6.09 Å². The first-order valence-corrected chi connectivity index (χ1v) is 6.89. The summed E-state index contributed by atoms with van der Waals surface area (Å²) < 4.78 is 5.20. The summed E-state index contributed by atoms with van der Waals surface area (Å²) in [4.78, 5) is 23.0. The molecule has 1 fully saturated rings. The molecule has 1 aromatic carbocycles. The van der Waals surface area contributed by atoms with Crippen molar-refractivity contribution in [2.45, 2.75) is 19.1 Å². The number of hydrogen-bond acceptors (Lipinski definition) is 3. The predicted molar refractivity (Wildman–Crippen MR) is 73.8 cm³/mol. The van der Waals surface area contributed by atoms with E-state index in [0.29, 0.717) is 0 Å². The molecule has 0 aliphatic heterocycles. The van der Waals surface area contributed by atoms with Gasteiger partial charge in [-0.25, -0.2) is 4.79 Å². The lowest BCUT2D eigenvalue weighted by molar-refractivity contribution is -0.112. The van der Waals surface area contributed by atoms with E-state index in [2.05, 4.69) is 17.5 Å². The molecule has 0 heterocycles. The minimum absolute atomic E-state index is 0.116. The van der Waals surface area contributed by atoms with Crippen LogP contribution in [0.4, 0.5) is 4.79 Å². The van der Waals surface area contributed by atoms with Gasteiger partial charge in [-0.2, -0.15) is 0 Å². The smallest absolute Gasteiger partial charge is 0.407 e. The van der Waals surface area contributed by atoms with Crippen molar-refractivity contribution >= 4 is 12.4 Å². The van der Waals surface area contributed by atoms with Gasteiger partial charge in [-0.15, -0.1) is 0 Å². The second-order valence-electron chi connectivity index (χ2n) is 5.39. The summed E-state index contributed by atoms with van der Waals surface area (Å²) in [5.74, 6) is 0.422. The van der Waals surface area contributed by atoms with E-state index in [1.807, 2.05) is 30.3 Å². The normalized spacial score (nSPS) is 30.2. The van der Waals surface area contributed by atoms with Gasteiger partial charge in [0, 0.05) is 12.0 Å². The van der Waals surface area contributed by atoms with Gasteiger partial charge in [-0.05, 0) is 23.8 Å². The molecule has 0 radical (unpaired) electrons. The Morgan fingerprint density at radius 3 is 2.75 bits per heavy atom. The molecule has 4 nitrogen and oxygen atoms in total. The Kier molecular flexibility index (Phi) is 3.54. The first-order chi connectivity index (χ1) is 9.78. The van der Waals surface area contributed by atoms with E-state index in [1.165, 1.54) is 0 Å². The summed E-state index contributed by atoms with van der Waals surface area (Å²) in [6.07, 6.45) is 5.62. The van der Waals surface area contributed by atoms with Crippen molar-refractivity contribution in [2.24, 2.45) is 17.8 Å². The van der Waals surface area contributed by atoms with E-state index in [4.69, 9.17) is 4.74 Å². The minimum Gasteiger partial charge on any atom is -0.445 e. The van der Waals surface area contributed by atoms with Crippen LogP contribution in [0, 0.1) is 17.8 Å². The van der Waals surface area contributed by atoms with Gasteiger partial charge in [0.25, 0.3) is 0 Å². The van der Waals surface area contributed by atoms with Crippen molar-refractivity contribution in [3.05, 3.63) is 48.0 Å². The topological polar surface area (TPSA) is 55.4 Å².